The van der Waals surface area contributed by atoms with E-state index in [1.807, 2.05) is 4.57 Å². The number of nitrogens with one attached hydrogen (secondary N) is 1. The van der Waals surface area contributed by atoms with Crippen LogP contribution in [-0.4, -0.2) is 32.2 Å². The Morgan fingerprint density at radius 1 is 1.45 bits per heavy atom. The first-order valence-corrected chi connectivity index (χ1v) is 8.54. The Morgan fingerprint density at radius 3 is 2.75 bits per heavy atom. The van der Waals surface area contributed by atoms with Gasteiger partial charge in [0.15, 0.2) is 0 Å². The van der Waals surface area contributed by atoms with Crippen molar-refractivity contribution in [3.8, 4) is 0 Å². The van der Waals surface area contributed by atoms with Gasteiger partial charge in [-0.2, -0.15) is 0 Å². The molecule has 1 saturated heterocycles. The molecule has 114 valence electrons. The maximum absolute atomic E-state index is 12.4. The predicted molar refractivity (Wildman–Crippen MR) is 76.8 cm³/mol. The minimum absolute atomic E-state index is 0.0374. The van der Waals surface area contributed by atoms with Crippen molar-refractivity contribution in [3.05, 3.63) is 18.0 Å². The Bertz CT molecular complexity index is 533. The lowest BCUT2D eigenvalue weighted by molar-refractivity contribution is 0.0832. The number of hydrogen-bond acceptors (Lipinski definition) is 4. The Labute approximate surface area is 120 Å². The first-order chi connectivity index (χ1) is 9.56. The summed E-state index contributed by atoms with van der Waals surface area (Å²) in [5.41, 5.74) is 6.52. The topological polar surface area (TPSA) is 86.3 Å². The van der Waals surface area contributed by atoms with Crippen molar-refractivity contribution in [1.29, 1.82) is 0 Å². The fourth-order valence-corrected chi connectivity index (χ4v) is 3.76. The molecule has 0 unspecified atom stereocenters. The first-order valence-electron chi connectivity index (χ1n) is 7.06. The number of nitrogens with zero attached hydrogens (tertiary/aromatic N) is 1. The van der Waals surface area contributed by atoms with E-state index in [2.05, 4.69) is 11.6 Å². The van der Waals surface area contributed by atoms with E-state index in [0.29, 0.717) is 24.7 Å². The fraction of sp³-hybridized carbons (Fsp3) is 0.692. The van der Waals surface area contributed by atoms with E-state index in [1.165, 1.54) is 0 Å². The molecule has 20 heavy (non-hydrogen) atoms. The molecule has 1 aliphatic rings. The third-order valence-electron chi connectivity index (χ3n) is 3.49. The third-order valence-corrected chi connectivity index (χ3v) is 4.98. The molecule has 1 aromatic rings. The van der Waals surface area contributed by atoms with Gasteiger partial charge in [-0.1, -0.05) is 6.92 Å². The van der Waals surface area contributed by atoms with E-state index in [9.17, 15) is 8.42 Å². The molecule has 7 heteroatoms. The van der Waals surface area contributed by atoms with Crippen LogP contribution in [0.4, 0.5) is 0 Å². The van der Waals surface area contributed by atoms with Crippen molar-refractivity contribution >= 4 is 10.0 Å². The van der Waals surface area contributed by atoms with Crippen molar-refractivity contribution in [2.24, 2.45) is 5.73 Å². The average molecular weight is 301 g/mol. The number of sulfonamides is 1. The maximum atomic E-state index is 12.4. The zero-order chi connectivity index (χ0) is 14.6. The molecule has 2 heterocycles. The highest BCUT2D eigenvalue weighted by molar-refractivity contribution is 7.89. The highest BCUT2D eigenvalue weighted by Gasteiger charge is 2.23. The second-order valence-corrected chi connectivity index (χ2v) is 6.79. The summed E-state index contributed by atoms with van der Waals surface area (Å²) in [5.74, 6) is 0. The van der Waals surface area contributed by atoms with E-state index in [4.69, 9.17) is 10.5 Å². The van der Waals surface area contributed by atoms with Crippen LogP contribution in [0.15, 0.2) is 17.2 Å². The molecule has 3 N–H and O–H groups in total. The van der Waals surface area contributed by atoms with E-state index in [-0.39, 0.29) is 6.04 Å². The van der Waals surface area contributed by atoms with E-state index in [0.717, 1.165) is 31.5 Å². The lowest BCUT2D eigenvalue weighted by atomic mass is 10.1. The molecular weight excluding hydrogens is 278 g/mol. The van der Waals surface area contributed by atoms with Gasteiger partial charge in [-0.3, -0.25) is 0 Å². The van der Waals surface area contributed by atoms with Crippen LogP contribution in [-0.2, 0) is 27.8 Å². The molecular formula is C13H23N3O3S. The summed E-state index contributed by atoms with van der Waals surface area (Å²) in [4.78, 5) is 0.304. The first kappa shape index (κ1) is 15.5. The van der Waals surface area contributed by atoms with Crippen LogP contribution in [0.3, 0.4) is 0 Å². The van der Waals surface area contributed by atoms with Crippen LogP contribution >= 0.6 is 0 Å². The van der Waals surface area contributed by atoms with Gasteiger partial charge < -0.3 is 15.0 Å². The summed E-state index contributed by atoms with van der Waals surface area (Å²) >= 11 is 0. The zero-order valence-corrected chi connectivity index (χ0v) is 12.7. The van der Waals surface area contributed by atoms with Crippen molar-refractivity contribution in [1.82, 2.24) is 9.29 Å². The van der Waals surface area contributed by atoms with Crippen LogP contribution in [0, 0.1) is 0 Å². The Hall–Kier alpha value is -0.890. The second-order valence-electron chi connectivity index (χ2n) is 5.07. The highest BCUT2D eigenvalue weighted by atomic mass is 32.2. The molecule has 0 amide bonds. The standard InChI is InChI=1S/C13H23N3O3S/c1-2-5-16-10-13(8-12(16)9-14)20(17,18)15-11-3-6-19-7-4-11/h8,10-11,15H,2-7,9,14H2,1H3. The molecule has 0 aromatic carbocycles. The number of rotatable bonds is 6. The minimum atomic E-state index is -3.47. The smallest absolute Gasteiger partial charge is 0.242 e. The second kappa shape index (κ2) is 6.71. The summed E-state index contributed by atoms with van der Waals surface area (Å²) in [6.45, 7) is 4.39. The van der Waals surface area contributed by atoms with Gasteiger partial charge in [0.1, 0.15) is 0 Å². The van der Waals surface area contributed by atoms with E-state index < -0.39 is 10.0 Å². The van der Waals surface area contributed by atoms with Crippen molar-refractivity contribution < 1.29 is 13.2 Å². The van der Waals surface area contributed by atoms with Crippen LogP contribution < -0.4 is 10.5 Å². The fourth-order valence-electron chi connectivity index (χ4n) is 2.40. The van der Waals surface area contributed by atoms with E-state index in [1.54, 1.807) is 12.3 Å². The summed E-state index contributed by atoms with van der Waals surface area (Å²) in [6.07, 6.45) is 4.05. The van der Waals surface area contributed by atoms with Crippen LogP contribution in [0.5, 0.6) is 0 Å². The zero-order valence-electron chi connectivity index (χ0n) is 11.8. The van der Waals surface area contributed by atoms with Crippen molar-refractivity contribution in [2.75, 3.05) is 13.2 Å². The van der Waals surface area contributed by atoms with Gasteiger partial charge in [-0.15, -0.1) is 0 Å². The lowest BCUT2D eigenvalue weighted by Crippen LogP contribution is -2.38. The minimum Gasteiger partial charge on any atom is -0.381 e. The Kier molecular flexibility index (Phi) is 5.20. The number of hydrogen-bond donors (Lipinski definition) is 2. The molecule has 1 fully saturated rings. The van der Waals surface area contributed by atoms with Crippen LogP contribution in [0.1, 0.15) is 31.9 Å². The molecule has 0 atom stereocenters. The number of ether oxygens (including phenoxy) is 1. The molecule has 6 nitrogen and oxygen atoms in total. The van der Waals surface area contributed by atoms with Crippen LogP contribution in [0.2, 0.25) is 0 Å². The monoisotopic (exact) mass is 301 g/mol. The van der Waals surface area contributed by atoms with Gasteiger partial charge in [0, 0.05) is 44.2 Å². The van der Waals surface area contributed by atoms with E-state index >= 15 is 0 Å². The summed E-state index contributed by atoms with van der Waals surface area (Å²) in [6, 6.07) is 1.63. The van der Waals surface area contributed by atoms with Gasteiger partial charge in [-0.05, 0) is 25.3 Å². The lowest BCUT2D eigenvalue weighted by Gasteiger charge is -2.22. The third kappa shape index (κ3) is 3.60. The largest absolute Gasteiger partial charge is 0.381 e. The number of nitrogens with two attached hydrogens (primary N) is 1. The number of aryl methyl sites for hydroxylation is 1. The Balaban J connectivity index is 2.15. The maximum Gasteiger partial charge on any atom is 0.242 e. The van der Waals surface area contributed by atoms with Crippen LogP contribution in [0.25, 0.3) is 0 Å². The summed E-state index contributed by atoms with van der Waals surface area (Å²) < 4.78 is 34.7. The molecule has 2 rings (SSSR count). The molecule has 0 spiro atoms. The van der Waals surface area contributed by atoms with Gasteiger partial charge in [0.2, 0.25) is 10.0 Å². The van der Waals surface area contributed by atoms with Gasteiger partial charge in [-0.25, -0.2) is 13.1 Å². The van der Waals surface area contributed by atoms with Gasteiger partial charge >= 0.3 is 0 Å². The molecule has 0 bridgehead atoms. The SMILES string of the molecule is CCCn1cc(S(=O)(=O)NC2CCOCC2)cc1CN. The molecule has 0 saturated carbocycles. The predicted octanol–water partition coefficient (Wildman–Crippen LogP) is 0.814. The molecule has 1 aromatic heterocycles. The summed E-state index contributed by atoms with van der Waals surface area (Å²) in [7, 11) is -3.47. The quantitative estimate of drug-likeness (QED) is 0.814. The molecule has 0 aliphatic carbocycles. The molecule has 1 aliphatic heterocycles. The van der Waals surface area contributed by atoms with Crippen molar-refractivity contribution in [2.45, 2.75) is 50.2 Å². The van der Waals surface area contributed by atoms with Gasteiger partial charge in [0.25, 0.3) is 0 Å². The highest BCUT2D eigenvalue weighted by Crippen LogP contribution is 2.17. The molecule has 0 radical (unpaired) electrons. The summed E-state index contributed by atoms with van der Waals surface area (Å²) in [5, 5.41) is 0. The van der Waals surface area contributed by atoms with Gasteiger partial charge in [0.05, 0.1) is 4.90 Å². The Morgan fingerprint density at radius 2 is 2.15 bits per heavy atom. The normalized spacial score (nSPS) is 17.5. The average Bonchev–Trinajstić information content (AvgIpc) is 2.84. The number of aromatic nitrogens is 1. The van der Waals surface area contributed by atoms with Crippen molar-refractivity contribution in [3.63, 3.8) is 0 Å².